The second-order valence-electron chi connectivity index (χ2n) is 6.57. The van der Waals surface area contributed by atoms with E-state index in [0.29, 0.717) is 11.4 Å². The third-order valence-corrected chi connectivity index (χ3v) is 5.91. The second-order valence-corrected chi connectivity index (χ2v) is 8.32. The number of carbonyl (C=O) groups excluding carboxylic acids is 1. The van der Waals surface area contributed by atoms with Crippen LogP contribution in [0.5, 0.6) is 5.75 Å². The number of benzene rings is 3. The molecule has 156 valence electrons. The molecule has 0 bridgehead atoms. The first-order chi connectivity index (χ1) is 15.1. The zero-order valence-corrected chi connectivity index (χ0v) is 19.0. The molecule has 0 atom stereocenters. The molecule has 0 N–H and O–H groups in total. The van der Waals surface area contributed by atoms with Crippen molar-refractivity contribution >= 4 is 33.2 Å². The number of aromatic nitrogens is 1. The van der Waals surface area contributed by atoms with Crippen LogP contribution in [-0.2, 0) is 0 Å². The van der Waals surface area contributed by atoms with Gasteiger partial charge < -0.3 is 4.74 Å². The minimum atomic E-state index is -0.623. The molecule has 1 heterocycles. The van der Waals surface area contributed by atoms with Crippen LogP contribution in [0, 0.1) is 5.82 Å². The zero-order valence-electron chi connectivity index (χ0n) is 16.6. The minimum absolute atomic E-state index is 0.0562. The van der Waals surface area contributed by atoms with Gasteiger partial charge in [-0.3, -0.25) is 9.36 Å². The Morgan fingerprint density at radius 1 is 1.06 bits per heavy atom. The van der Waals surface area contributed by atoms with Crippen LogP contribution >= 0.6 is 27.3 Å². The van der Waals surface area contributed by atoms with E-state index >= 15 is 0 Å². The average molecular weight is 497 g/mol. The van der Waals surface area contributed by atoms with Crippen molar-refractivity contribution < 1.29 is 13.9 Å². The molecule has 7 heteroatoms. The average Bonchev–Trinajstić information content (AvgIpc) is 3.18. The van der Waals surface area contributed by atoms with Crippen molar-refractivity contribution in [1.29, 1.82) is 0 Å². The van der Waals surface area contributed by atoms with Gasteiger partial charge in [-0.25, -0.2) is 4.39 Å². The number of rotatable bonds is 5. The van der Waals surface area contributed by atoms with Crippen molar-refractivity contribution in [2.75, 3.05) is 6.61 Å². The first kappa shape index (κ1) is 21.2. The Kier molecular flexibility index (Phi) is 6.44. The molecule has 4 aromatic rings. The predicted molar refractivity (Wildman–Crippen MR) is 124 cm³/mol. The lowest BCUT2D eigenvalue weighted by Crippen LogP contribution is -2.17. The molecule has 0 spiro atoms. The van der Waals surface area contributed by atoms with E-state index in [1.807, 2.05) is 65.4 Å². The maximum absolute atomic E-state index is 14.1. The fourth-order valence-corrected chi connectivity index (χ4v) is 4.27. The summed E-state index contributed by atoms with van der Waals surface area (Å²) in [7, 11) is 0. The van der Waals surface area contributed by atoms with Gasteiger partial charge in [-0.2, -0.15) is 4.99 Å². The Morgan fingerprint density at radius 3 is 2.45 bits per heavy atom. The molecule has 0 unspecified atom stereocenters. The number of ether oxygens (including phenoxy) is 1. The highest BCUT2D eigenvalue weighted by Gasteiger charge is 2.14. The summed E-state index contributed by atoms with van der Waals surface area (Å²) >= 11 is 4.78. The Hall–Kier alpha value is -3.03. The van der Waals surface area contributed by atoms with E-state index in [4.69, 9.17) is 4.74 Å². The van der Waals surface area contributed by atoms with Crippen LogP contribution in [-0.4, -0.2) is 17.1 Å². The summed E-state index contributed by atoms with van der Waals surface area (Å²) in [5, 5.41) is 1.94. The van der Waals surface area contributed by atoms with E-state index in [9.17, 15) is 9.18 Å². The van der Waals surface area contributed by atoms with Crippen LogP contribution in [0.4, 0.5) is 4.39 Å². The maximum atomic E-state index is 14.1. The molecular weight excluding hydrogens is 479 g/mol. The van der Waals surface area contributed by atoms with E-state index in [1.54, 1.807) is 12.1 Å². The first-order valence-corrected chi connectivity index (χ1v) is 11.3. The molecule has 31 heavy (non-hydrogen) atoms. The van der Waals surface area contributed by atoms with Crippen LogP contribution in [0.15, 0.2) is 87.6 Å². The van der Waals surface area contributed by atoms with Gasteiger partial charge in [0.15, 0.2) is 4.80 Å². The van der Waals surface area contributed by atoms with E-state index in [1.165, 1.54) is 23.5 Å². The summed E-state index contributed by atoms with van der Waals surface area (Å²) in [5.41, 5.74) is 2.61. The van der Waals surface area contributed by atoms with Gasteiger partial charge in [-0.1, -0.05) is 40.2 Å². The smallest absolute Gasteiger partial charge is 0.282 e. The molecule has 4 rings (SSSR count). The summed E-state index contributed by atoms with van der Waals surface area (Å²) in [6, 6.07) is 21.3. The highest BCUT2D eigenvalue weighted by atomic mass is 79.9. The lowest BCUT2D eigenvalue weighted by atomic mass is 10.1. The van der Waals surface area contributed by atoms with Crippen molar-refractivity contribution in [3.63, 3.8) is 0 Å². The molecule has 1 aromatic heterocycles. The summed E-state index contributed by atoms with van der Waals surface area (Å²) in [5.74, 6) is -0.455. The fraction of sp³-hybridized carbons (Fsp3) is 0.0833. The number of thiazole rings is 1. The Balaban J connectivity index is 1.86. The van der Waals surface area contributed by atoms with Gasteiger partial charge >= 0.3 is 0 Å². The van der Waals surface area contributed by atoms with E-state index in [0.717, 1.165) is 27.2 Å². The topological polar surface area (TPSA) is 43.6 Å². The Labute approximate surface area is 191 Å². The molecule has 3 aromatic carbocycles. The largest absolute Gasteiger partial charge is 0.494 e. The molecule has 0 fully saturated rings. The van der Waals surface area contributed by atoms with E-state index in [2.05, 4.69) is 20.9 Å². The summed E-state index contributed by atoms with van der Waals surface area (Å²) in [6.45, 7) is 2.51. The normalized spacial score (nSPS) is 11.5. The van der Waals surface area contributed by atoms with Crippen molar-refractivity contribution in [1.82, 2.24) is 4.57 Å². The van der Waals surface area contributed by atoms with Gasteiger partial charge in [0.05, 0.1) is 17.9 Å². The monoisotopic (exact) mass is 496 g/mol. The standard InChI is InChI=1S/C24H18BrFN2O2S/c1-2-30-19-13-11-18(12-14-19)28-22(16-7-9-17(25)10-8-16)15-31-24(28)27-23(29)20-5-3-4-6-21(20)26/h3-15H,2H2,1H3. The quantitative estimate of drug-likeness (QED) is 0.327. The molecule has 1 amide bonds. The number of hydrogen-bond donors (Lipinski definition) is 0. The van der Waals surface area contributed by atoms with Crippen LogP contribution in [0.3, 0.4) is 0 Å². The van der Waals surface area contributed by atoms with Crippen LogP contribution < -0.4 is 9.54 Å². The minimum Gasteiger partial charge on any atom is -0.494 e. The zero-order chi connectivity index (χ0) is 21.8. The molecule has 0 saturated heterocycles. The second kappa shape index (κ2) is 9.41. The fourth-order valence-electron chi connectivity index (χ4n) is 3.10. The number of nitrogens with zero attached hydrogens (tertiary/aromatic N) is 2. The SMILES string of the molecule is CCOc1ccc(-n2c(-c3ccc(Br)cc3)csc2=NC(=O)c2ccccc2F)cc1. The summed E-state index contributed by atoms with van der Waals surface area (Å²) < 4.78 is 22.5. The van der Waals surface area contributed by atoms with Crippen molar-refractivity contribution in [2.24, 2.45) is 4.99 Å². The van der Waals surface area contributed by atoms with Crippen molar-refractivity contribution in [3.05, 3.63) is 98.8 Å². The number of carbonyl (C=O) groups is 1. The third-order valence-electron chi connectivity index (χ3n) is 4.56. The van der Waals surface area contributed by atoms with Gasteiger partial charge in [0.1, 0.15) is 11.6 Å². The molecular formula is C24H18BrFN2O2S. The van der Waals surface area contributed by atoms with Crippen molar-refractivity contribution in [3.8, 4) is 22.7 Å². The van der Waals surface area contributed by atoms with Gasteiger partial charge in [0.25, 0.3) is 5.91 Å². The Morgan fingerprint density at radius 2 is 1.77 bits per heavy atom. The molecule has 4 nitrogen and oxygen atoms in total. The summed E-state index contributed by atoms with van der Waals surface area (Å²) in [4.78, 5) is 17.4. The predicted octanol–water partition coefficient (Wildman–Crippen LogP) is 6.25. The highest BCUT2D eigenvalue weighted by Crippen LogP contribution is 2.26. The van der Waals surface area contributed by atoms with Gasteiger partial charge in [0.2, 0.25) is 0 Å². The molecule has 0 aliphatic heterocycles. The van der Waals surface area contributed by atoms with Crippen molar-refractivity contribution in [2.45, 2.75) is 6.92 Å². The van der Waals surface area contributed by atoms with E-state index in [-0.39, 0.29) is 5.56 Å². The lowest BCUT2D eigenvalue weighted by molar-refractivity contribution is 0.0994. The number of halogens is 2. The summed E-state index contributed by atoms with van der Waals surface area (Å²) in [6.07, 6.45) is 0. The molecule has 0 aliphatic carbocycles. The first-order valence-electron chi connectivity index (χ1n) is 9.60. The van der Waals surface area contributed by atoms with Gasteiger partial charge in [-0.15, -0.1) is 11.3 Å². The Bertz CT molecular complexity index is 1280. The van der Waals surface area contributed by atoms with E-state index < -0.39 is 11.7 Å². The lowest BCUT2D eigenvalue weighted by Gasteiger charge is -2.11. The molecule has 0 aliphatic rings. The number of hydrogen-bond acceptors (Lipinski definition) is 3. The molecule has 0 saturated carbocycles. The van der Waals surface area contributed by atoms with Gasteiger partial charge in [0, 0.05) is 15.5 Å². The van der Waals surface area contributed by atoms with Gasteiger partial charge in [-0.05, 0) is 61.0 Å². The van der Waals surface area contributed by atoms with Crippen LogP contribution in [0.25, 0.3) is 16.9 Å². The third kappa shape index (κ3) is 4.68. The molecule has 0 radical (unpaired) electrons. The maximum Gasteiger partial charge on any atom is 0.282 e. The van der Waals surface area contributed by atoms with Crippen LogP contribution in [0.1, 0.15) is 17.3 Å². The van der Waals surface area contributed by atoms with Crippen LogP contribution in [0.2, 0.25) is 0 Å². The number of amides is 1. The highest BCUT2D eigenvalue weighted by molar-refractivity contribution is 9.10.